The first-order valence-electron chi connectivity index (χ1n) is 12.9. The third-order valence-electron chi connectivity index (χ3n) is 9.02. The number of carbonyl (C=O) groups is 3. The van der Waals surface area contributed by atoms with Gasteiger partial charge < -0.3 is 9.64 Å². The first-order valence-corrected chi connectivity index (χ1v) is 13.3. The number of rotatable bonds is 5. The summed E-state index contributed by atoms with van der Waals surface area (Å²) < 4.78 is 6.50. The molecule has 7 nitrogen and oxygen atoms in total. The molecule has 186 valence electrons. The van der Waals surface area contributed by atoms with Gasteiger partial charge in [0.05, 0.1) is 0 Å². The molecule has 0 spiro atoms. The van der Waals surface area contributed by atoms with Crippen LogP contribution in [0.3, 0.4) is 0 Å². The van der Waals surface area contributed by atoms with Gasteiger partial charge in [-0.25, -0.2) is 0 Å². The van der Waals surface area contributed by atoms with E-state index in [-0.39, 0.29) is 29.7 Å². The van der Waals surface area contributed by atoms with Crippen LogP contribution in [-0.4, -0.2) is 58.3 Å². The van der Waals surface area contributed by atoms with E-state index >= 15 is 0 Å². The van der Waals surface area contributed by atoms with E-state index in [4.69, 9.17) is 16.3 Å². The molecule has 2 bridgehead atoms. The zero-order chi connectivity index (χ0) is 24.6. The van der Waals surface area contributed by atoms with Crippen molar-refractivity contribution in [2.24, 2.45) is 5.92 Å². The molecule has 5 fully saturated rings. The van der Waals surface area contributed by atoms with E-state index in [9.17, 15) is 14.4 Å². The van der Waals surface area contributed by atoms with E-state index in [1.165, 1.54) is 5.56 Å². The zero-order valence-corrected chi connectivity index (χ0v) is 20.7. The second kappa shape index (κ2) is 8.05. The molecule has 2 aromatic carbocycles. The largest absolute Gasteiger partial charge is 0.489 e. The van der Waals surface area contributed by atoms with Crippen LogP contribution in [0.4, 0.5) is 0 Å². The van der Waals surface area contributed by atoms with Crippen molar-refractivity contribution in [3.63, 3.8) is 0 Å². The number of ether oxygens (including phenoxy) is 1. The quantitative estimate of drug-likeness (QED) is 0.629. The number of piperidine rings is 2. The maximum atomic E-state index is 13.2. The summed E-state index contributed by atoms with van der Waals surface area (Å²) in [6.45, 7) is 2.37. The molecular formula is C28H28ClN3O4. The molecule has 36 heavy (non-hydrogen) atoms. The molecule has 6 aliphatic rings. The van der Waals surface area contributed by atoms with Crippen LogP contribution in [0.2, 0.25) is 5.02 Å². The molecule has 3 amide bonds. The average molecular weight is 506 g/mol. The van der Waals surface area contributed by atoms with Crippen LogP contribution in [0.25, 0.3) is 0 Å². The minimum absolute atomic E-state index is 0.115. The summed E-state index contributed by atoms with van der Waals surface area (Å²) in [5.41, 5.74) is 1.85. The molecule has 8 heteroatoms. The van der Waals surface area contributed by atoms with Crippen LogP contribution in [0, 0.1) is 5.92 Å². The summed E-state index contributed by atoms with van der Waals surface area (Å²) in [6, 6.07) is 14.2. The monoisotopic (exact) mass is 505 g/mol. The first kappa shape index (κ1) is 22.3. The molecule has 0 unspecified atom stereocenters. The molecule has 0 aromatic heterocycles. The molecule has 8 rings (SSSR count). The van der Waals surface area contributed by atoms with E-state index in [2.05, 4.69) is 16.3 Å². The number of likely N-dealkylation sites (tertiary alicyclic amines) is 1. The van der Waals surface area contributed by atoms with E-state index in [1.54, 1.807) is 4.90 Å². The fraction of sp³-hybridized carbons (Fsp3) is 0.464. The third kappa shape index (κ3) is 3.25. The Labute approximate surface area is 214 Å². The van der Waals surface area contributed by atoms with Gasteiger partial charge in [-0.15, -0.1) is 0 Å². The van der Waals surface area contributed by atoms with Gasteiger partial charge in [-0.05, 0) is 67.5 Å². The van der Waals surface area contributed by atoms with Gasteiger partial charge in [0.1, 0.15) is 17.4 Å². The lowest BCUT2D eigenvalue weighted by Gasteiger charge is -2.53. The number of hydrogen-bond donors (Lipinski definition) is 1. The molecule has 1 N–H and O–H groups in total. The number of carbonyl (C=O) groups excluding carboxylic acids is 3. The van der Waals surface area contributed by atoms with Crippen molar-refractivity contribution in [1.82, 2.24) is 15.1 Å². The van der Waals surface area contributed by atoms with Crippen molar-refractivity contribution in [1.29, 1.82) is 0 Å². The predicted octanol–water partition coefficient (Wildman–Crippen LogP) is 3.50. The van der Waals surface area contributed by atoms with E-state index in [0.717, 1.165) is 48.7 Å². The Morgan fingerprint density at radius 2 is 1.81 bits per heavy atom. The minimum Gasteiger partial charge on any atom is -0.489 e. The van der Waals surface area contributed by atoms with Crippen molar-refractivity contribution < 1.29 is 19.1 Å². The molecule has 2 aromatic rings. The van der Waals surface area contributed by atoms with Crippen LogP contribution in [0.5, 0.6) is 5.75 Å². The van der Waals surface area contributed by atoms with Gasteiger partial charge in [0.15, 0.2) is 0 Å². The van der Waals surface area contributed by atoms with Crippen molar-refractivity contribution in [3.8, 4) is 5.75 Å². The number of benzene rings is 2. The second-order valence-electron chi connectivity index (χ2n) is 11.0. The highest BCUT2D eigenvalue weighted by Gasteiger charge is 2.63. The van der Waals surface area contributed by atoms with Crippen LogP contribution in [0.1, 0.15) is 59.5 Å². The zero-order valence-electron chi connectivity index (χ0n) is 19.9. The van der Waals surface area contributed by atoms with E-state index in [1.807, 2.05) is 36.4 Å². The second-order valence-corrected chi connectivity index (χ2v) is 11.4. The van der Waals surface area contributed by atoms with Gasteiger partial charge >= 0.3 is 0 Å². The third-order valence-corrected chi connectivity index (χ3v) is 9.37. The Morgan fingerprint density at radius 1 is 1.00 bits per heavy atom. The van der Waals surface area contributed by atoms with Crippen molar-refractivity contribution in [3.05, 3.63) is 64.2 Å². The smallest absolute Gasteiger partial charge is 0.255 e. The van der Waals surface area contributed by atoms with Gasteiger partial charge in [0.25, 0.3) is 11.8 Å². The van der Waals surface area contributed by atoms with Gasteiger partial charge in [-0.1, -0.05) is 29.8 Å². The molecule has 2 saturated carbocycles. The first-order chi connectivity index (χ1) is 17.4. The highest BCUT2D eigenvalue weighted by Crippen LogP contribution is 2.49. The Hall–Kier alpha value is -2.90. The van der Waals surface area contributed by atoms with Crippen molar-refractivity contribution in [2.45, 2.75) is 62.3 Å². The van der Waals surface area contributed by atoms with Crippen molar-refractivity contribution >= 4 is 29.3 Å². The van der Waals surface area contributed by atoms with Crippen LogP contribution >= 0.6 is 11.6 Å². The Balaban J connectivity index is 1.03. The van der Waals surface area contributed by atoms with Gasteiger partial charge in [-0.3, -0.25) is 24.6 Å². The minimum atomic E-state index is -0.887. The number of amides is 3. The van der Waals surface area contributed by atoms with Gasteiger partial charge in [0, 0.05) is 48.1 Å². The van der Waals surface area contributed by atoms with Crippen molar-refractivity contribution in [2.75, 3.05) is 13.1 Å². The Morgan fingerprint density at radius 3 is 2.58 bits per heavy atom. The Kier molecular flexibility index (Phi) is 4.99. The lowest BCUT2D eigenvalue weighted by atomic mass is 9.63. The fourth-order valence-electron chi connectivity index (χ4n) is 6.94. The van der Waals surface area contributed by atoms with Crippen LogP contribution in [-0.2, 0) is 16.1 Å². The lowest BCUT2D eigenvalue weighted by Crippen LogP contribution is -2.73. The molecule has 4 heterocycles. The highest BCUT2D eigenvalue weighted by atomic mass is 35.5. The standard InChI is InChI=1S/C28H28ClN3O4/c29-22-5-2-1-4-20(22)18-13-31(14-18)23-6-3-7-24(23)36-19-8-9-21-16(10-19)15-32(26(21)34)28-11-17(12-28)25(33)30-27(28)35/h1-2,4-5,8-10,17-18,23-24H,3,6-7,11-15H2,(H,30,33,35)/t17?,23-,24-,28?/m1/s1. The van der Waals surface area contributed by atoms with E-state index < -0.39 is 5.54 Å². The Bertz CT molecular complexity index is 1280. The molecule has 2 atom stereocenters. The summed E-state index contributed by atoms with van der Waals surface area (Å²) in [7, 11) is 0. The summed E-state index contributed by atoms with van der Waals surface area (Å²) in [5, 5.41) is 3.28. The number of nitrogens with zero attached hydrogens (tertiary/aromatic N) is 2. The number of imide groups is 1. The number of nitrogens with one attached hydrogen (secondary N) is 1. The fourth-order valence-corrected chi connectivity index (χ4v) is 7.23. The summed E-state index contributed by atoms with van der Waals surface area (Å²) in [4.78, 5) is 41.8. The number of halogens is 1. The van der Waals surface area contributed by atoms with Gasteiger partial charge in [-0.2, -0.15) is 0 Å². The molecule has 2 aliphatic carbocycles. The van der Waals surface area contributed by atoms with Gasteiger partial charge in [0.2, 0.25) is 5.91 Å². The molecule has 3 saturated heterocycles. The summed E-state index contributed by atoms with van der Waals surface area (Å²) in [6.07, 6.45) is 4.24. The van der Waals surface area contributed by atoms with Crippen LogP contribution < -0.4 is 10.1 Å². The highest BCUT2D eigenvalue weighted by molar-refractivity contribution is 6.31. The maximum Gasteiger partial charge on any atom is 0.255 e. The number of fused-ring (bicyclic) bond motifs is 3. The van der Waals surface area contributed by atoms with E-state index in [0.29, 0.717) is 36.9 Å². The SMILES string of the molecule is O=C1NC(=O)C2(N3Cc4cc(O[C@@H]5CCC[C@H]5N5CC(c6ccccc6Cl)C5)ccc4C3=O)CC1C2. The van der Waals surface area contributed by atoms with Crippen LogP contribution in [0.15, 0.2) is 42.5 Å². The maximum absolute atomic E-state index is 13.2. The molecular weight excluding hydrogens is 478 g/mol. The average Bonchev–Trinajstić information content (AvgIpc) is 3.37. The molecule has 0 radical (unpaired) electrons. The normalized spacial score (nSPS) is 31.6. The molecule has 4 aliphatic heterocycles. The summed E-state index contributed by atoms with van der Waals surface area (Å²) in [5.74, 6) is 0.380. The topological polar surface area (TPSA) is 79.0 Å². The lowest BCUT2D eigenvalue weighted by molar-refractivity contribution is -0.160. The summed E-state index contributed by atoms with van der Waals surface area (Å²) >= 11 is 6.41. The number of hydrogen-bond acceptors (Lipinski definition) is 5. The predicted molar refractivity (Wildman–Crippen MR) is 133 cm³/mol.